The molecule has 0 atom stereocenters. The SMILES string of the molecule is CC#Cc1cnc2cccnc2c1. The smallest absolute Gasteiger partial charge is 0.0899 e. The molecule has 0 N–H and O–H groups in total. The Bertz CT molecular complexity index is 492. The molecule has 0 aromatic carbocycles. The molecular formula is C11H8N2. The van der Waals surface area contributed by atoms with E-state index in [0.717, 1.165) is 16.6 Å². The summed E-state index contributed by atoms with van der Waals surface area (Å²) in [4.78, 5) is 8.43. The first-order chi connectivity index (χ1) is 6.40. The predicted octanol–water partition coefficient (Wildman–Crippen LogP) is 2.00. The Morgan fingerprint density at radius 3 is 3.00 bits per heavy atom. The second kappa shape index (κ2) is 3.24. The average molecular weight is 168 g/mol. The van der Waals surface area contributed by atoms with Gasteiger partial charge in [0, 0.05) is 18.0 Å². The van der Waals surface area contributed by atoms with Crippen molar-refractivity contribution < 1.29 is 0 Å². The molecule has 0 radical (unpaired) electrons. The van der Waals surface area contributed by atoms with E-state index in [9.17, 15) is 0 Å². The Labute approximate surface area is 76.6 Å². The lowest BCUT2D eigenvalue weighted by Gasteiger charge is -1.94. The summed E-state index contributed by atoms with van der Waals surface area (Å²) in [6.07, 6.45) is 3.52. The van der Waals surface area contributed by atoms with Gasteiger partial charge in [-0.05, 0) is 25.1 Å². The van der Waals surface area contributed by atoms with Gasteiger partial charge in [0.25, 0.3) is 0 Å². The third-order valence-corrected chi connectivity index (χ3v) is 1.72. The third-order valence-electron chi connectivity index (χ3n) is 1.72. The van der Waals surface area contributed by atoms with Crippen molar-refractivity contribution in [1.82, 2.24) is 9.97 Å². The van der Waals surface area contributed by atoms with Crippen LogP contribution in [-0.4, -0.2) is 9.97 Å². The molecule has 62 valence electrons. The zero-order valence-corrected chi connectivity index (χ0v) is 7.28. The maximum Gasteiger partial charge on any atom is 0.0899 e. The van der Waals surface area contributed by atoms with Crippen LogP contribution in [0.15, 0.2) is 30.6 Å². The van der Waals surface area contributed by atoms with Crippen LogP contribution in [0.2, 0.25) is 0 Å². The molecule has 0 aliphatic heterocycles. The van der Waals surface area contributed by atoms with Crippen molar-refractivity contribution in [2.75, 3.05) is 0 Å². The summed E-state index contributed by atoms with van der Waals surface area (Å²) in [6.45, 7) is 1.81. The van der Waals surface area contributed by atoms with Crippen LogP contribution in [0.5, 0.6) is 0 Å². The van der Waals surface area contributed by atoms with Crippen LogP contribution < -0.4 is 0 Å². The molecule has 13 heavy (non-hydrogen) atoms. The monoisotopic (exact) mass is 168 g/mol. The molecule has 0 unspecified atom stereocenters. The van der Waals surface area contributed by atoms with Gasteiger partial charge in [0.2, 0.25) is 0 Å². The van der Waals surface area contributed by atoms with Crippen LogP contribution in [0.3, 0.4) is 0 Å². The van der Waals surface area contributed by atoms with Crippen molar-refractivity contribution in [1.29, 1.82) is 0 Å². The van der Waals surface area contributed by atoms with Gasteiger partial charge in [0.1, 0.15) is 0 Å². The van der Waals surface area contributed by atoms with Crippen molar-refractivity contribution in [2.45, 2.75) is 6.92 Å². The van der Waals surface area contributed by atoms with Gasteiger partial charge in [-0.15, -0.1) is 5.92 Å². The molecule has 2 heterocycles. The lowest BCUT2D eigenvalue weighted by Crippen LogP contribution is -1.83. The molecule has 0 spiro atoms. The highest BCUT2D eigenvalue weighted by Gasteiger charge is 1.94. The highest BCUT2D eigenvalue weighted by molar-refractivity contribution is 5.74. The Morgan fingerprint density at radius 2 is 2.15 bits per heavy atom. The second-order valence-corrected chi connectivity index (χ2v) is 2.64. The number of pyridine rings is 2. The normalized spacial score (nSPS) is 9.31. The molecule has 0 aliphatic carbocycles. The molecule has 2 nitrogen and oxygen atoms in total. The lowest BCUT2D eigenvalue weighted by molar-refractivity contribution is 1.33. The van der Waals surface area contributed by atoms with E-state index in [1.807, 2.05) is 25.1 Å². The molecule has 0 fully saturated rings. The summed E-state index contributed by atoms with van der Waals surface area (Å²) in [5.41, 5.74) is 2.71. The zero-order valence-electron chi connectivity index (χ0n) is 7.28. The van der Waals surface area contributed by atoms with E-state index in [1.54, 1.807) is 12.4 Å². The van der Waals surface area contributed by atoms with E-state index in [0.29, 0.717) is 0 Å². The average Bonchev–Trinajstić information content (AvgIpc) is 2.18. The second-order valence-electron chi connectivity index (χ2n) is 2.64. The van der Waals surface area contributed by atoms with E-state index in [-0.39, 0.29) is 0 Å². The van der Waals surface area contributed by atoms with E-state index in [4.69, 9.17) is 0 Å². The quantitative estimate of drug-likeness (QED) is 0.562. The van der Waals surface area contributed by atoms with Gasteiger partial charge in [0.15, 0.2) is 0 Å². The number of hydrogen-bond acceptors (Lipinski definition) is 2. The fourth-order valence-electron chi connectivity index (χ4n) is 1.17. The molecule has 0 amide bonds. The summed E-state index contributed by atoms with van der Waals surface area (Å²) in [5, 5.41) is 0. The van der Waals surface area contributed by atoms with Crippen LogP contribution in [0, 0.1) is 11.8 Å². The van der Waals surface area contributed by atoms with Crippen LogP contribution in [0.25, 0.3) is 11.0 Å². The van der Waals surface area contributed by atoms with Crippen molar-refractivity contribution in [3.63, 3.8) is 0 Å². The Balaban J connectivity index is 2.66. The van der Waals surface area contributed by atoms with Crippen molar-refractivity contribution in [3.8, 4) is 11.8 Å². The topological polar surface area (TPSA) is 25.8 Å². The van der Waals surface area contributed by atoms with Crippen LogP contribution in [0.1, 0.15) is 12.5 Å². The summed E-state index contributed by atoms with van der Waals surface area (Å²) < 4.78 is 0. The molecule has 0 saturated heterocycles. The number of fused-ring (bicyclic) bond motifs is 1. The van der Waals surface area contributed by atoms with Gasteiger partial charge >= 0.3 is 0 Å². The number of hydrogen-bond donors (Lipinski definition) is 0. The summed E-state index contributed by atoms with van der Waals surface area (Å²) in [5.74, 6) is 5.78. The van der Waals surface area contributed by atoms with Gasteiger partial charge in [-0.25, -0.2) is 0 Å². The van der Waals surface area contributed by atoms with Crippen LogP contribution in [0.4, 0.5) is 0 Å². The van der Waals surface area contributed by atoms with Gasteiger partial charge in [-0.2, -0.15) is 0 Å². The first-order valence-electron chi connectivity index (χ1n) is 4.03. The Morgan fingerprint density at radius 1 is 1.23 bits per heavy atom. The van der Waals surface area contributed by atoms with E-state index in [2.05, 4.69) is 21.8 Å². The van der Waals surface area contributed by atoms with Crippen molar-refractivity contribution in [2.24, 2.45) is 0 Å². The summed E-state index contributed by atoms with van der Waals surface area (Å²) in [6, 6.07) is 5.75. The zero-order chi connectivity index (χ0) is 9.10. The van der Waals surface area contributed by atoms with E-state index >= 15 is 0 Å². The van der Waals surface area contributed by atoms with Crippen molar-refractivity contribution in [3.05, 3.63) is 36.2 Å². The molecule has 0 bridgehead atoms. The maximum atomic E-state index is 4.23. The minimum atomic E-state index is 0.891. The Hall–Kier alpha value is -1.88. The molecule has 0 aliphatic rings. The van der Waals surface area contributed by atoms with Crippen LogP contribution in [-0.2, 0) is 0 Å². The van der Waals surface area contributed by atoms with E-state index in [1.165, 1.54) is 0 Å². The van der Waals surface area contributed by atoms with Crippen molar-refractivity contribution >= 4 is 11.0 Å². The molecule has 2 heteroatoms. The number of aromatic nitrogens is 2. The molecule has 2 rings (SSSR count). The number of rotatable bonds is 0. The standard InChI is InChI=1S/C11H8N2/c1-2-4-9-7-11-10(13-8-9)5-3-6-12-11/h3,5-8H,1H3. The van der Waals surface area contributed by atoms with Gasteiger partial charge in [-0.3, -0.25) is 9.97 Å². The minimum Gasteiger partial charge on any atom is -0.255 e. The largest absolute Gasteiger partial charge is 0.255 e. The van der Waals surface area contributed by atoms with Gasteiger partial charge in [0.05, 0.1) is 11.0 Å². The highest BCUT2D eigenvalue weighted by atomic mass is 14.7. The van der Waals surface area contributed by atoms with Crippen LogP contribution >= 0.6 is 0 Å². The minimum absolute atomic E-state index is 0.891. The Kier molecular flexibility index (Phi) is 1.93. The fourth-order valence-corrected chi connectivity index (χ4v) is 1.17. The molecule has 2 aromatic rings. The molecular weight excluding hydrogens is 160 g/mol. The van der Waals surface area contributed by atoms with Gasteiger partial charge in [-0.1, -0.05) is 5.92 Å². The maximum absolute atomic E-state index is 4.23. The highest BCUT2D eigenvalue weighted by Crippen LogP contribution is 2.08. The molecule has 2 aromatic heterocycles. The van der Waals surface area contributed by atoms with E-state index < -0.39 is 0 Å². The number of nitrogens with zero attached hydrogens (tertiary/aromatic N) is 2. The predicted molar refractivity (Wildman–Crippen MR) is 52.1 cm³/mol. The molecule has 0 saturated carbocycles. The third kappa shape index (κ3) is 1.50. The first-order valence-corrected chi connectivity index (χ1v) is 4.03. The summed E-state index contributed by atoms with van der Waals surface area (Å²) in [7, 11) is 0. The fraction of sp³-hybridized carbons (Fsp3) is 0.0909. The first kappa shape index (κ1) is 7.75. The lowest BCUT2D eigenvalue weighted by atomic mass is 10.2. The van der Waals surface area contributed by atoms with Gasteiger partial charge < -0.3 is 0 Å². The summed E-state index contributed by atoms with van der Waals surface area (Å²) >= 11 is 0.